The molecule has 1 aromatic carbocycles. The van der Waals surface area contributed by atoms with Gasteiger partial charge < -0.3 is 4.74 Å². The summed E-state index contributed by atoms with van der Waals surface area (Å²) < 4.78 is 34.0. The lowest BCUT2D eigenvalue weighted by atomic mass is 10.2. The quantitative estimate of drug-likeness (QED) is 0.682. The first-order valence-electron chi connectivity index (χ1n) is 8.91. The van der Waals surface area contributed by atoms with Gasteiger partial charge in [0.05, 0.1) is 13.2 Å². The average molecular weight is 412 g/mol. The van der Waals surface area contributed by atoms with E-state index < -0.39 is 16.0 Å². The monoisotopic (exact) mass is 411 g/mol. The molecule has 1 saturated heterocycles. The third-order valence-electron chi connectivity index (χ3n) is 4.38. The van der Waals surface area contributed by atoms with Crippen LogP contribution in [-0.4, -0.2) is 48.2 Å². The number of carbonyl (C=O) groups is 1. The van der Waals surface area contributed by atoms with Crippen molar-refractivity contribution in [2.45, 2.75) is 37.8 Å². The van der Waals surface area contributed by atoms with E-state index in [-0.39, 0.29) is 17.2 Å². The molecule has 9 heteroatoms. The smallest absolute Gasteiger partial charge is 0.342 e. The lowest BCUT2D eigenvalue weighted by Gasteiger charge is -2.25. The maximum absolute atomic E-state index is 13.1. The fourth-order valence-electron chi connectivity index (χ4n) is 3.03. The molecule has 7 nitrogen and oxygen atoms in total. The van der Waals surface area contributed by atoms with E-state index in [0.717, 1.165) is 24.8 Å². The highest BCUT2D eigenvalue weighted by Gasteiger charge is 2.34. The number of piperidine rings is 1. The number of hydrogen-bond donors (Lipinski definition) is 0. The van der Waals surface area contributed by atoms with Crippen LogP contribution in [0.2, 0.25) is 5.02 Å². The van der Waals surface area contributed by atoms with Crippen LogP contribution in [0.4, 0.5) is 0 Å². The van der Waals surface area contributed by atoms with Gasteiger partial charge >= 0.3 is 5.97 Å². The molecule has 0 atom stereocenters. The van der Waals surface area contributed by atoms with Gasteiger partial charge in [0.25, 0.3) is 10.0 Å². The highest BCUT2D eigenvalue weighted by Crippen LogP contribution is 2.23. The Labute approximate surface area is 163 Å². The summed E-state index contributed by atoms with van der Waals surface area (Å²) in [7, 11) is -3.85. The van der Waals surface area contributed by atoms with Gasteiger partial charge in [-0.1, -0.05) is 30.2 Å². The standard InChI is InChI=1S/C18H22ClN3O4S/c1-2-26-18(23)16-13-21(12-14-6-8-15(19)9-7-14)20-17(16)27(24,25)22-10-4-3-5-11-22/h6-9,13H,2-5,10-12H2,1H3. The first kappa shape index (κ1) is 19.9. The number of esters is 1. The summed E-state index contributed by atoms with van der Waals surface area (Å²) in [4.78, 5) is 12.3. The van der Waals surface area contributed by atoms with Crippen LogP contribution >= 0.6 is 11.6 Å². The lowest BCUT2D eigenvalue weighted by Crippen LogP contribution is -2.36. The second kappa shape index (κ2) is 8.41. The molecule has 1 aliphatic heterocycles. The molecular formula is C18H22ClN3O4S. The molecule has 2 aromatic rings. The van der Waals surface area contributed by atoms with Crippen LogP contribution in [0.25, 0.3) is 0 Å². The van der Waals surface area contributed by atoms with Gasteiger partial charge in [0.2, 0.25) is 5.03 Å². The molecule has 0 unspecified atom stereocenters. The van der Waals surface area contributed by atoms with Crippen molar-refractivity contribution in [3.8, 4) is 0 Å². The number of nitrogens with zero attached hydrogens (tertiary/aromatic N) is 3. The Morgan fingerprint density at radius 1 is 1.19 bits per heavy atom. The normalized spacial score (nSPS) is 15.6. The number of sulfonamides is 1. The van der Waals surface area contributed by atoms with E-state index in [0.29, 0.717) is 24.7 Å². The molecule has 0 spiro atoms. The number of ether oxygens (including phenoxy) is 1. The van der Waals surface area contributed by atoms with Crippen molar-refractivity contribution < 1.29 is 17.9 Å². The van der Waals surface area contributed by atoms with Gasteiger partial charge in [-0.3, -0.25) is 4.68 Å². The van der Waals surface area contributed by atoms with Crippen LogP contribution in [0.1, 0.15) is 42.1 Å². The highest BCUT2D eigenvalue weighted by molar-refractivity contribution is 7.89. The molecule has 3 rings (SSSR count). The predicted octanol–water partition coefficient (Wildman–Crippen LogP) is 2.94. The third kappa shape index (κ3) is 4.51. The van der Waals surface area contributed by atoms with E-state index in [1.807, 2.05) is 12.1 Å². The molecule has 0 amide bonds. The van der Waals surface area contributed by atoms with Crippen LogP contribution < -0.4 is 0 Å². The molecule has 146 valence electrons. The first-order chi connectivity index (χ1) is 12.9. The summed E-state index contributed by atoms with van der Waals surface area (Å²) >= 11 is 5.90. The molecule has 0 bridgehead atoms. The van der Waals surface area contributed by atoms with Crippen molar-refractivity contribution >= 4 is 27.6 Å². The van der Waals surface area contributed by atoms with Crippen LogP contribution in [0.3, 0.4) is 0 Å². The number of rotatable bonds is 6. The zero-order valence-electron chi connectivity index (χ0n) is 15.1. The highest BCUT2D eigenvalue weighted by atomic mass is 35.5. The molecule has 0 aliphatic carbocycles. The minimum absolute atomic E-state index is 0.0311. The number of benzene rings is 1. The predicted molar refractivity (Wildman–Crippen MR) is 101 cm³/mol. The van der Waals surface area contributed by atoms with Gasteiger partial charge in [-0.25, -0.2) is 13.2 Å². The van der Waals surface area contributed by atoms with E-state index in [1.165, 1.54) is 15.2 Å². The summed E-state index contributed by atoms with van der Waals surface area (Å²) in [5, 5.41) is 4.60. The fraction of sp³-hybridized carbons (Fsp3) is 0.444. The SMILES string of the molecule is CCOC(=O)c1cn(Cc2ccc(Cl)cc2)nc1S(=O)(=O)N1CCCCC1. The molecular weight excluding hydrogens is 390 g/mol. The summed E-state index contributed by atoms with van der Waals surface area (Å²) in [6, 6.07) is 7.15. The third-order valence-corrected chi connectivity index (χ3v) is 6.47. The number of aromatic nitrogens is 2. The average Bonchev–Trinajstić information content (AvgIpc) is 3.09. The fourth-order valence-corrected chi connectivity index (χ4v) is 4.76. The molecule has 1 fully saturated rings. The van der Waals surface area contributed by atoms with Crippen LogP contribution in [0.5, 0.6) is 0 Å². The molecule has 1 aromatic heterocycles. The lowest BCUT2D eigenvalue weighted by molar-refractivity contribution is 0.0521. The van der Waals surface area contributed by atoms with E-state index >= 15 is 0 Å². The minimum Gasteiger partial charge on any atom is -0.462 e. The van der Waals surface area contributed by atoms with Crippen LogP contribution in [0.15, 0.2) is 35.5 Å². The Morgan fingerprint density at radius 2 is 1.85 bits per heavy atom. The van der Waals surface area contributed by atoms with Crippen LogP contribution in [-0.2, 0) is 21.3 Å². The van der Waals surface area contributed by atoms with E-state index in [4.69, 9.17) is 16.3 Å². The van der Waals surface area contributed by atoms with Crippen molar-refractivity contribution in [1.29, 1.82) is 0 Å². The Kier molecular flexibility index (Phi) is 6.18. The Bertz CT molecular complexity index is 903. The molecule has 27 heavy (non-hydrogen) atoms. The molecule has 1 aliphatic rings. The second-order valence-electron chi connectivity index (χ2n) is 6.36. The summed E-state index contributed by atoms with van der Waals surface area (Å²) in [6.07, 6.45) is 4.05. The van der Waals surface area contributed by atoms with Gasteiger partial charge in [0, 0.05) is 24.3 Å². The van der Waals surface area contributed by atoms with Gasteiger partial charge in [-0.05, 0) is 37.5 Å². The summed E-state index contributed by atoms with van der Waals surface area (Å²) in [5.74, 6) is -0.685. The van der Waals surface area contributed by atoms with Gasteiger partial charge in [0.1, 0.15) is 5.56 Å². The zero-order valence-corrected chi connectivity index (χ0v) is 16.7. The molecule has 0 saturated carbocycles. The Hall–Kier alpha value is -1.90. The van der Waals surface area contributed by atoms with Gasteiger partial charge in [0.15, 0.2) is 0 Å². The van der Waals surface area contributed by atoms with Crippen LogP contribution in [0, 0.1) is 0 Å². The number of hydrogen-bond acceptors (Lipinski definition) is 5. The maximum atomic E-state index is 13.1. The van der Waals surface area contributed by atoms with Crippen molar-refractivity contribution in [2.24, 2.45) is 0 Å². The maximum Gasteiger partial charge on any atom is 0.342 e. The minimum atomic E-state index is -3.85. The van der Waals surface area contributed by atoms with Crippen molar-refractivity contribution in [2.75, 3.05) is 19.7 Å². The van der Waals surface area contributed by atoms with Crippen molar-refractivity contribution in [1.82, 2.24) is 14.1 Å². The van der Waals surface area contributed by atoms with E-state index in [9.17, 15) is 13.2 Å². The number of carbonyl (C=O) groups excluding carboxylic acids is 1. The van der Waals surface area contributed by atoms with Crippen molar-refractivity contribution in [3.63, 3.8) is 0 Å². The first-order valence-corrected chi connectivity index (χ1v) is 10.7. The van der Waals surface area contributed by atoms with Crippen molar-refractivity contribution in [3.05, 3.63) is 46.6 Å². The second-order valence-corrected chi connectivity index (χ2v) is 8.65. The molecule has 0 radical (unpaired) electrons. The Balaban J connectivity index is 1.96. The largest absolute Gasteiger partial charge is 0.462 e. The molecule has 2 heterocycles. The van der Waals surface area contributed by atoms with Gasteiger partial charge in [-0.15, -0.1) is 0 Å². The van der Waals surface area contributed by atoms with Gasteiger partial charge in [-0.2, -0.15) is 9.40 Å². The topological polar surface area (TPSA) is 81.5 Å². The summed E-state index contributed by atoms with van der Waals surface area (Å²) in [6.45, 7) is 3.03. The molecule has 0 N–H and O–H groups in total. The summed E-state index contributed by atoms with van der Waals surface area (Å²) in [5.41, 5.74) is 0.857. The van der Waals surface area contributed by atoms with E-state index in [1.54, 1.807) is 19.1 Å². The Morgan fingerprint density at radius 3 is 2.48 bits per heavy atom. The zero-order chi connectivity index (χ0) is 19.4. The van der Waals surface area contributed by atoms with E-state index in [2.05, 4.69) is 5.10 Å². The number of halogens is 1.